The molecule has 1 aliphatic rings. The number of carbonyl (C=O) groups excluding carboxylic acids is 2. The van der Waals surface area contributed by atoms with Crippen molar-refractivity contribution in [3.63, 3.8) is 0 Å². The monoisotopic (exact) mass is 338 g/mol. The van der Waals surface area contributed by atoms with E-state index in [1.807, 2.05) is 13.8 Å². The van der Waals surface area contributed by atoms with Crippen LogP contribution in [0.5, 0.6) is 0 Å². The lowest BCUT2D eigenvalue weighted by molar-refractivity contribution is -0.131. The highest BCUT2D eigenvalue weighted by molar-refractivity contribution is 7.91. The molecular weight excluding hydrogens is 316 g/mol. The Hall–Kier alpha value is -1.89. The van der Waals surface area contributed by atoms with E-state index in [1.54, 1.807) is 30.3 Å². The summed E-state index contributed by atoms with van der Waals surface area (Å²) < 4.78 is 24.4. The van der Waals surface area contributed by atoms with Gasteiger partial charge in [-0.15, -0.1) is 0 Å². The molecule has 1 heterocycles. The summed E-state index contributed by atoms with van der Waals surface area (Å²) >= 11 is 0. The number of rotatable bonds is 7. The van der Waals surface area contributed by atoms with Crippen molar-refractivity contribution in [2.24, 2.45) is 0 Å². The lowest BCUT2D eigenvalue weighted by atomic mass is 9.93. The van der Waals surface area contributed by atoms with Crippen molar-refractivity contribution in [3.05, 3.63) is 30.3 Å². The molecule has 6 nitrogen and oxygen atoms in total. The van der Waals surface area contributed by atoms with Gasteiger partial charge in [-0.05, 0) is 31.4 Å². The predicted octanol–water partition coefficient (Wildman–Crippen LogP) is 1.96. The van der Waals surface area contributed by atoms with Gasteiger partial charge in [-0.25, -0.2) is 13.2 Å². The fourth-order valence-corrected chi connectivity index (χ4v) is 4.08. The third kappa shape index (κ3) is 3.39. The number of nitrogens with one attached hydrogen (secondary N) is 1. The van der Waals surface area contributed by atoms with Gasteiger partial charge in [0.25, 0.3) is 5.91 Å². The van der Waals surface area contributed by atoms with Crippen LogP contribution in [0.15, 0.2) is 35.2 Å². The van der Waals surface area contributed by atoms with Crippen LogP contribution in [-0.2, 0) is 14.6 Å². The van der Waals surface area contributed by atoms with Gasteiger partial charge in [-0.1, -0.05) is 32.0 Å². The Balaban J connectivity index is 1.99. The molecule has 7 heteroatoms. The summed E-state index contributed by atoms with van der Waals surface area (Å²) in [5.41, 5.74) is -0.838. The summed E-state index contributed by atoms with van der Waals surface area (Å²) in [4.78, 5) is 25.8. The lowest BCUT2D eigenvalue weighted by Crippen LogP contribution is -2.45. The number of hydrogen-bond acceptors (Lipinski definition) is 4. The van der Waals surface area contributed by atoms with Crippen LogP contribution in [-0.4, -0.2) is 43.1 Å². The van der Waals surface area contributed by atoms with Gasteiger partial charge in [0.15, 0.2) is 9.84 Å². The molecule has 0 radical (unpaired) electrons. The van der Waals surface area contributed by atoms with Crippen LogP contribution in [0.3, 0.4) is 0 Å². The third-order valence-corrected chi connectivity index (χ3v) is 6.17. The van der Waals surface area contributed by atoms with Gasteiger partial charge in [-0.2, -0.15) is 0 Å². The quantitative estimate of drug-likeness (QED) is 0.770. The summed E-state index contributed by atoms with van der Waals surface area (Å²) in [7, 11) is -3.40. The first kappa shape index (κ1) is 17.5. The maximum atomic E-state index is 12.4. The molecule has 1 N–H and O–H groups in total. The summed E-state index contributed by atoms with van der Waals surface area (Å²) in [6, 6.07) is 7.74. The summed E-state index contributed by atoms with van der Waals surface area (Å²) in [6.07, 6.45) is 1.26. The molecule has 23 heavy (non-hydrogen) atoms. The van der Waals surface area contributed by atoms with Gasteiger partial charge in [-0.3, -0.25) is 9.69 Å². The normalized spacial score (nSPS) is 17.4. The number of amides is 3. The number of nitrogens with zero attached hydrogens (tertiary/aromatic N) is 1. The van der Waals surface area contributed by atoms with Gasteiger partial charge < -0.3 is 5.32 Å². The molecule has 0 aromatic heterocycles. The fourth-order valence-electron chi connectivity index (χ4n) is 2.77. The van der Waals surface area contributed by atoms with Gasteiger partial charge >= 0.3 is 6.03 Å². The minimum Gasteiger partial charge on any atom is -0.323 e. The van der Waals surface area contributed by atoms with E-state index in [0.717, 1.165) is 4.90 Å². The molecular formula is C16H22N2O4S. The van der Waals surface area contributed by atoms with Gasteiger partial charge in [0.05, 0.1) is 10.6 Å². The zero-order chi connectivity index (χ0) is 17.1. The molecule has 0 bridgehead atoms. The van der Waals surface area contributed by atoms with Crippen molar-refractivity contribution in [3.8, 4) is 0 Å². The van der Waals surface area contributed by atoms with E-state index >= 15 is 0 Å². The van der Waals surface area contributed by atoms with E-state index in [-0.39, 0.29) is 29.5 Å². The SMILES string of the molecule is CCC1(CC)NC(=O)N(CCCS(=O)(=O)c2ccccc2)C1=O. The first-order valence-electron chi connectivity index (χ1n) is 7.78. The Labute approximate surface area is 136 Å². The zero-order valence-corrected chi connectivity index (χ0v) is 14.2. The zero-order valence-electron chi connectivity index (χ0n) is 13.4. The second kappa shape index (κ2) is 6.70. The van der Waals surface area contributed by atoms with Crippen LogP contribution in [0.2, 0.25) is 0 Å². The molecule has 1 saturated heterocycles. The molecule has 126 valence electrons. The second-order valence-corrected chi connectivity index (χ2v) is 7.77. The highest BCUT2D eigenvalue weighted by Gasteiger charge is 2.48. The summed E-state index contributed by atoms with van der Waals surface area (Å²) in [5, 5.41) is 2.73. The number of hydrogen-bond donors (Lipinski definition) is 1. The maximum Gasteiger partial charge on any atom is 0.325 e. The van der Waals surface area contributed by atoms with Crippen molar-refractivity contribution < 1.29 is 18.0 Å². The van der Waals surface area contributed by atoms with Gasteiger partial charge in [0, 0.05) is 6.54 Å². The summed E-state index contributed by atoms with van der Waals surface area (Å²) in [6.45, 7) is 3.81. The molecule has 0 saturated carbocycles. The standard InChI is InChI=1S/C16H22N2O4S/c1-3-16(4-2)14(19)18(15(20)17-16)11-8-12-23(21,22)13-9-6-5-7-10-13/h5-7,9-10H,3-4,8,11-12H2,1-2H3,(H,17,20). The van der Waals surface area contributed by atoms with Crippen molar-refractivity contribution in [1.82, 2.24) is 10.2 Å². The Morgan fingerprint density at radius 2 is 1.70 bits per heavy atom. The number of carbonyl (C=O) groups is 2. The number of benzene rings is 1. The van der Waals surface area contributed by atoms with E-state index in [4.69, 9.17) is 0 Å². The molecule has 1 aliphatic heterocycles. The average molecular weight is 338 g/mol. The highest BCUT2D eigenvalue weighted by Crippen LogP contribution is 2.25. The largest absolute Gasteiger partial charge is 0.325 e. The Morgan fingerprint density at radius 1 is 1.09 bits per heavy atom. The van der Waals surface area contributed by atoms with Crippen molar-refractivity contribution in [2.45, 2.75) is 43.5 Å². The van der Waals surface area contributed by atoms with E-state index in [2.05, 4.69) is 5.32 Å². The maximum absolute atomic E-state index is 12.4. The minimum absolute atomic E-state index is 0.0979. The van der Waals surface area contributed by atoms with Crippen molar-refractivity contribution >= 4 is 21.8 Å². The van der Waals surface area contributed by atoms with E-state index in [0.29, 0.717) is 12.8 Å². The third-order valence-electron chi connectivity index (χ3n) is 4.35. The second-order valence-electron chi connectivity index (χ2n) is 5.66. The lowest BCUT2D eigenvalue weighted by Gasteiger charge is -2.23. The van der Waals surface area contributed by atoms with Crippen LogP contribution in [0.25, 0.3) is 0 Å². The molecule has 2 rings (SSSR count). The Bertz CT molecular complexity index is 681. The van der Waals surface area contributed by atoms with E-state index < -0.39 is 21.4 Å². The molecule has 0 unspecified atom stereocenters. The Kier molecular flexibility index (Phi) is 5.09. The van der Waals surface area contributed by atoms with Crippen LogP contribution in [0, 0.1) is 0 Å². The highest BCUT2D eigenvalue weighted by atomic mass is 32.2. The van der Waals surface area contributed by atoms with Crippen LogP contribution in [0.1, 0.15) is 33.1 Å². The average Bonchev–Trinajstić information content (AvgIpc) is 2.80. The first-order chi connectivity index (χ1) is 10.9. The number of sulfone groups is 1. The predicted molar refractivity (Wildman–Crippen MR) is 86.7 cm³/mol. The fraction of sp³-hybridized carbons (Fsp3) is 0.500. The molecule has 0 atom stereocenters. The smallest absolute Gasteiger partial charge is 0.323 e. The van der Waals surface area contributed by atoms with Crippen LogP contribution < -0.4 is 5.32 Å². The molecule has 3 amide bonds. The number of imide groups is 1. The molecule has 0 spiro atoms. The Morgan fingerprint density at radius 3 is 2.22 bits per heavy atom. The van der Waals surface area contributed by atoms with Crippen molar-refractivity contribution in [1.29, 1.82) is 0 Å². The number of urea groups is 1. The first-order valence-corrected chi connectivity index (χ1v) is 9.43. The molecule has 0 aliphatic carbocycles. The molecule has 1 aromatic carbocycles. The van der Waals surface area contributed by atoms with Crippen LogP contribution >= 0.6 is 0 Å². The minimum atomic E-state index is -3.40. The van der Waals surface area contributed by atoms with Gasteiger partial charge in [0.1, 0.15) is 5.54 Å². The van der Waals surface area contributed by atoms with Gasteiger partial charge in [0.2, 0.25) is 0 Å². The van der Waals surface area contributed by atoms with E-state index in [1.165, 1.54) is 0 Å². The van der Waals surface area contributed by atoms with Crippen molar-refractivity contribution in [2.75, 3.05) is 12.3 Å². The van der Waals surface area contributed by atoms with E-state index in [9.17, 15) is 18.0 Å². The molecule has 1 fully saturated rings. The van der Waals surface area contributed by atoms with Crippen LogP contribution in [0.4, 0.5) is 4.79 Å². The molecule has 1 aromatic rings. The topological polar surface area (TPSA) is 83.6 Å². The summed E-state index contributed by atoms with van der Waals surface area (Å²) in [5.74, 6) is -0.358.